The van der Waals surface area contributed by atoms with Crippen LogP contribution in [-0.4, -0.2) is 42.8 Å². The fourth-order valence-electron chi connectivity index (χ4n) is 3.11. The van der Waals surface area contributed by atoms with Crippen molar-refractivity contribution in [3.63, 3.8) is 0 Å². The number of hydrogen-bond acceptors (Lipinski definition) is 5. The number of esters is 1. The van der Waals surface area contributed by atoms with Gasteiger partial charge in [-0.3, -0.25) is 14.5 Å². The van der Waals surface area contributed by atoms with E-state index in [4.69, 9.17) is 4.74 Å². The highest BCUT2D eigenvalue weighted by Gasteiger charge is 2.46. The van der Waals surface area contributed by atoms with Crippen molar-refractivity contribution in [2.24, 2.45) is 0 Å². The zero-order valence-electron chi connectivity index (χ0n) is 15.0. The second-order valence-corrected chi connectivity index (χ2v) is 8.05. The summed E-state index contributed by atoms with van der Waals surface area (Å²) in [5.41, 5.74) is 10.7. The molecule has 1 atom stereocenters. The molecule has 0 radical (unpaired) electrons. The van der Waals surface area contributed by atoms with Crippen molar-refractivity contribution in [2.45, 2.75) is 24.3 Å². The molecule has 1 aliphatic rings. The van der Waals surface area contributed by atoms with Gasteiger partial charge in [-0.05, 0) is 30.2 Å². The summed E-state index contributed by atoms with van der Waals surface area (Å²) in [7, 11) is -4.34. The summed E-state index contributed by atoms with van der Waals surface area (Å²) in [5.74, 6) is -1.51. The Kier molecular flexibility index (Phi) is 5.39. The molecule has 0 saturated carbocycles. The fraction of sp³-hybridized carbons (Fsp3) is 0.211. The Morgan fingerprint density at radius 3 is 2.43 bits per heavy atom. The van der Waals surface area contributed by atoms with E-state index in [9.17, 15) is 23.5 Å². The minimum atomic E-state index is -4.34. The van der Waals surface area contributed by atoms with Crippen LogP contribution in [0.25, 0.3) is 5.53 Å². The highest BCUT2D eigenvalue weighted by atomic mass is 32.2. The van der Waals surface area contributed by atoms with E-state index >= 15 is 0 Å². The van der Waals surface area contributed by atoms with Crippen molar-refractivity contribution >= 4 is 32.4 Å². The second-order valence-electron chi connectivity index (χ2n) is 6.19. The predicted molar refractivity (Wildman–Crippen MR) is 100 cm³/mol. The summed E-state index contributed by atoms with van der Waals surface area (Å²) >= 11 is 0. The van der Waals surface area contributed by atoms with Gasteiger partial charge < -0.3 is 10.3 Å². The number of carbonyl (C=O) groups is 2. The molecule has 144 valence electrons. The standard InChI is InChI=1S/C19H17N3O5S/c1-13(23)27-12-15-11-14-7-5-6-10-17(14)22(15)19(24)18(21-20)28(25,26)16-8-3-2-4-9-16/h2-10,15H,11-12H2,1H3. The van der Waals surface area contributed by atoms with Gasteiger partial charge in [0.2, 0.25) is 0 Å². The van der Waals surface area contributed by atoms with Gasteiger partial charge in [-0.25, -0.2) is 8.42 Å². The lowest BCUT2D eigenvalue weighted by Gasteiger charge is -2.23. The van der Waals surface area contributed by atoms with Gasteiger partial charge >= 0.3 is 16.9 Å². The molecule has 1 heterocycles. The smallest absolute Gasteiger partial charge is 0.464 e. The zero-order valence-corrected chi connectivity index (χ0v) is 15.8. The molecule has 2 aromatic rings. The maximum atomic E-state index is 13.1. The Morgan fingerprint density at radius 2 is 1.79 bits per heavy atom. The third-order valence-electron chi connectivity index (χ3n) is 4.35. The molecule has 28 heavy (non-hydrogen) atoms. The molecule has 2 aromatic carbocycles. The molecule has 1 amide bonds. The minimum absolute atomic E-state index is 0.111. The number of benzene rings is 2. The van der Waals surface area contributed by atoms with Gasteiger partial charge in [0.1, 0.15) is 6.61 Å². The maximum Gasteiger partial charge on any atom is 0.474 e. The van der Waals surface area contributed by atoms with Crippen LogP contribution in [0.5, 0.6) is 0 Å². The van der Waals surface area contributed by atoms with Gasteiger partial charge in [-0.2, -0.15) is 0 Å². The zero-order chi connectivity index (χ0) is 20.3. The number of anilines is 1. The van der Waals surface area contributed by atoms with E-state index in [2.05, 4.69) is 4.79 Å². The topological polar surface area (TPSA) is 117 Å². The molecule has 0 N–H and O–H groups in total. The molecule has 0 aromatic heterocycles. The monoisotopic (exact) mass is 399 g/mol. The van der Waals surface area contributed by atoms with Crippen molar-refractivity contribution in [1.29, 1.82) is 0 Å². The summed E-state index contributed by atoms with van der Waals surface area (Å²) in [4.78, 5) is 28.2. The second kappa shape index (κ2) is 7.75. The van der Waals surface area contributed by atoms with E-state index in [1.807, 2.05) is 0 Å². The van der Waals surface area contributed by atoms with Gasteiger partial charge in [0.15, 0.2) is 0 Å². The van der Waals surface area contributed by atoms with Gasteiger partial charge in [0.25, 0.3) is 9.84 Å². The minimum Gasteiger partial charge on any atom is -0.464 e. The summed E-state index contributed by atoms with van der Waals surface area (Å²) in [6.07, 6.45) is 0.374. The highest BCUT2D eigenvalue weighted by molar-refractivity contribution is 8.08. The Balaban J connectivity index is 2.02. The van der Waals surface area contributed by atoms with E-state index in [-0.39, 0.29) is 11.5 Å². The number of rotatable bonds is 3. The molecule has 0 spiro atoms. The molecule has 8 nitrogen and oxygen atoms in total. The maximum absolute atomic E-state index is 13.1. The lowest BCUT2D eigenvalue weighted by molar-refractivity contribution is -0.141. The first-order valence-corrected chi connectivity index (χ1v) is 9.91. The Hall–Kier alpha value is -3.29. The molecule has 3 rings (SSSR count). The highest BCUT2D eigenvalue weighted by Crippen LogP contribution is 2.33. The molecular formula is C19H17N3O5S. The third-order valence-corrected chi connectivity index (χ3v) is 6.01. The Morgan fingerprint density at radius 1 is 1.14 bits per heavy atom. The van der Waals surface area contributed by atoms with Crippen molar-refractivity contribution in [3.05, 3.63) is 65.7 Å². The molecule has 1 aliphatic heterocycles. The third kappa shape index (κ3) is 3.58. The quantitative estimate of drug-likeness (QED) is 0.255. The van der Waals surface area contributed by atoms with Gasteiger partial charge in [0, 0.05) is 12.6 Å². The summed E-state index contributed by atoms with van der Waals surface area (Å²) in [5, 5.41) is -0.997. The van der Waals surface area contributed by atoms with E-state index in [1.54, 1.807) is 30.3 Å². The number of para-hydroxylation sites is 1. The summed E-state index contributed by atoms with van der Waals surface area (Å²) in [6, 6.07) is 13.6. The normalized spacial score (nSPS) is 15.5. The van der Waals surface area contributed by atoms with Crippen molar-refractivity contribution < 1.29 is 27.5 Å². The van der Waals surface area contributed by atoms with Crippen LogP contribution in [0, 0.1) is 0 Å². The first-order valence-electron chi connectivity index (χ1n) is 8.43. The van der Waals surface area contributed by atoms with Gasteiger partial charge in [-0.1, -0.05) is 36.4 Å². The Labute approximate surface area is 161 Å². The van der Waals surface area contributed by atoms with Crippen LogP contribution in [0.4, 0.5) is 5.69 Å². The molecule has 1 unspecified atom stereocenters. The van der Waals surface area contributed by atoms with Crippen molar-refractivity contribution in [3.8, 4) is 0 Å². The van der Waals surface area contributed by atoms with E-state index in [1.165, 1.54) is 36.1 Å². The van der Waals surface area contributed by atoms with Crippen LogP contribution < -0.4 is 4.90 Å². The first-order chi connectivity index (χ1) is 13.4. The van der Waals surface area contributed by atoms with Crippen molar-refractivity contribution in [1.82, 2.24) is 0 Å². The summed E-state index contributed by atoms with van der Waals surface area (Å²) < 4.78 is 30.7. The Bertz CT molecular complexity index is 1080. The lowest BCUT2D eigenvalue weighted by atomic mass is 10.1. The molecule has 0 fully saturated rings. The largest absolute Gasteiger partial charge is 0.474 e. The number of amides is 1. The predicted octanol–water partition coefficient (Wildman–Crippen LogP) is 1.61. The van der Waals surface area contributed by atoms with Crippen LogP contribution in [-0.2, 0) is 30.6 Å². The molecule has 9 heteroatoms. The number of sulfone groups is 1. The number of nitrogens with zero attached hydrogens (tertiary/aromatic N) is 3. The number of hydrogen-bond donors (Lipinski definition) is 0. The van der Waals surface area contributed by atoms with E-state index in [0.717, 1.165) is 5.56 Å². The number of ether oxygens (including phenoxy) is 1. The van der Waals surface area contributed by atoms with E-state index < -0.39 is 32.8 Å². The van der Waals surface area contributed by atoms with E-state index in [0.29, 0.717) is 12.1 Å². The molecular weight excluding hydrogens is 382 g/mol. The molecule has 0 bridgehead atoms. The lowest BCUT2D eigenvalue weighted by Crippen LogP contribution is -2.46. The van der Waals surface area contributed by atoms with Gasteiger partial charge in [0.05, 0.1) is 10.9 Å². The van der Waals surface area contributed by atoms with Crippen molar-refractivity contribution in [2.75, 3.05) is 11.5 Å². The average molecular weight is 399 g/mol. The SMILES string of the molecule is CC(=O)OCC1Cc2ccccc2N1C(=O)C(=[N+]=[N-])S(=O)(=O)c1ccccc1. The fourth-order valence-corrected chi connectivity index (χ4v) is 4.28. The van der Waals surface area contributed by atoms with Crippen LogP contribution in [0.1, 0.15) is 12.5 Å². The van der Waals surface area contributed by atoms with Crippen LogP contribution in [0.3, 0.4) is 0 Å². The average Bonchev–Trinajstić information content (AvgIpc) is 3.05. The number of fused-ring (bicyclic) bond motifs is 1. The summed E-state index contributed by atoms with van der Waals surface area (Å²) in [6.45, 7) is 1.13. The first kappa shape index (κ1) is 19.5. The molecule has 0 saturated heterocycles. The number of carbonyl (C=O) groups excluding carboxylic acids is 2. The van der Waals surface area contributed by atoms with Gasteiger partial charge in [-0.15, -0.1) is 4.79 Å². The molecule has 0 aliphatic carbocycles. The van der Waals surface area contributed by atoms with Crippen LogP contribution in [0.2, 0.25) is 0 Å². The van der Waals surface area contributed by atoms with Crippen LogP contribution in [0.15, 0.2) is 59.5 Å². The van der Waals surface area contributed by atoms with Crippen LogP contribution >= 0.6 is 0 Å².